The Kier molecular flexibility index (Phi) is 4.21. The third kappa shape index (κ3) is 4.04. The van der Waals surface area contributed by atoms with Crippen LogP contribution < -0.4 is 16.4 Å². The number of anilines is 2. The van der Waals surface area contributed by atoms with E-state index in [1.54, 1.807) is 6.33 Å². The molecular weight excluding hydrogens is 240 g/mol. The van der Waals surface area contributed by atoms with Gasteiger partial charge >= 0.3 is 0 Å². The van der Waals surface area contributed by atoms with Crippen LogP contribution in [0, 0.1) is 0 Å². The Balaban J connectivity index is 1.99. The molecule has 1 unspecified atom stereocenters. The molecule has 0 amide bonds. The number of hydrogen-bond acceptors (Lipinski definition) is 6. The molecule has 0 bridgehead atoms. The fourth-order valence-corrected chi connectivity index (χ4v) is 2.16. The lowest BCUT2D eigenvalue weighted by Crippen LogP contribution is -2.39. The lowest BCUT2D eigenvalue weighted by molar-refractivity contribution is 0.414. The summed E-state index contributed by atoms with van der Waals surface area (Å²) in [5, 5.41) is 6.77. The number of nitrogens with one attached hydrogen (secondary N) is 2. The molecule has 106 valence electrons. The Morgan fingerprint density at radius 3 is 2.79 bits per heavy atom. The summed E-state index contributed by atoms with van der Waals surface area (Å²) in [6, 6.07) is 2.41. The molecule has 1 fully saturated rings. The Labute approximate surface area is 114 Å². The van der Waals surface area contributed by atoms with Gasteiger partial charge < -0.3 is 21.3 Å². The molecule has 1 aliphatic rings. The maximum absolute atomic E-state index is 5.71. The van der Waals surface area contributed by atoms with Gasteiger partial charge in [-0.1, -0.05) is 0 Å². The number of aromatic nitrogens is 2. The van der Waals surface area contributed by atoms with Crippen molar-refractivity contribution in [2.45, 2.75) is 31.8 Å². The van der Waals surface area contributed by atoms with Crippen LogP contribution >= 0.6 is 0 Å². The Hall–Kier alpha value is -1.40. The molecule has 1 atom stereocenters. The molecule has 2 heterocycles. The number of likely N-dealkylation sites (N-methyl/N-ethyl adjacent to an activating group) is 1. The standard InChI is InChI=1S/C13H24N6/c1-13(2,8-14)18-12-6-11(15-9-16-12)17-10-4-5-19(3)7-10/h6,9-10H,4-5,7-8,14H2,1-3H3,(H2,15,16,17,18). The lowest BCUT2D eigenvalue weighted by Gasteiger charge is -2.25. The number of rotatable bonds is 5. The zero-order chi connectivity index (χ0) is 13.9. The summed E-state index contributed by atoms with van der Waals surface area (Å²) in [6.45, 7) is 6.84. The first-order chi connectivity index (χ1) is 8.98. The molecule has 0 aromatic carbocycles. The summed E-state index contributed by atoms with van der Waals surface area (Å²) in [5.41, 5.74) is 5.55. The molecule has 0 radical (unpaired) electrons. The van der Waals surface area contributed by atoms with E-state index in [0.717, 1.165) is 31.1 Å². The average Bonchev–Trinajstić information content (AvgIpc) is 2.75. The minimum atomic E-state index is -0.167. The number of likely N-dealkylation sites (tertiary alicyclic amines) is 1. The van der Waals surface area contributed by atoms with Crippen molar-refractivity contribution in [3.8, 4) is 0 Å². The molecule has 6 nitrogen and oxygen atoms in total. The zero-order valence-corrected chi connectivity index (χ0v) is 12.0. The molecule has 4 N–H and O–H groups in total. The summed E-state index contributed by atoms with van der Waals surface area (Å²) >= 11 is 0. The molecule has 0 saturated carbocycles. The summed E-state index contributed by atoms with van der Waals surface area (Å²) in [7, 11) is 2.14. The summed E-state index contributed by atoms with van der Waals surface area (Å²) < 4.78 is 0. The van der Waals surface area contributed by atoms with Crippen molar-refractivity contribution in [3.63, 3.8) is 0 Å². The van der Waals surface area contributed by atoms with Crippen LogP contribution in [-0.2, 0) is 0 Å². The molecule has 0 spiro atoms. The van der Waals surface area contributed by atoms with E-state index in [0.29, 0.717) is 12.6 Å². The molecule has 1 aromatic rings. The molecule has 19 heavy (non-hydrogen) atoms. The van der Waals surface area contributed by atoms with Gasteiger partial charge in [0.05, 0.1) is 0 Å². The fourth-order valence-electron chi connectivity index (χ4n) is 2.16. The molecule has 2 rings (SSSR count). The highest BCUT2D eigenvalue weighted by molar-refractivity contribution is 5.48. The molecule has 1 saturated heterocycles. The largest absolute Gasteiger partial charge is 0.366 e. The first-order valence-electron chi connectivity index (χ1n) is 6.74. The first-order valence-corrected chi connectivity index (χ1v) is 6.74. The van der Waals surface area contributed by atoms with Gasteiger partial charge in [-0.25, -0.2) is 9.97 Å². The van der Waals surface area contributed by atoms with E-state index in [4.69, 9.17) is 5.73 Å². The predicted octanol–water partition coefficient (Wildman–Crippen LogP) is 0.742. The average molecular weight is 264 g/mol. The van der Waals surface area contributed by atoms with E-state index in [2.05, 4.69) is 32.5 Å². The Morgan fingerprint density at radius 2 is 2.16 bits per heavy atom. The highest BCUT2D eigenvalue weighted by Crippen LogP contribution is 2.17. The van der Waals surface area contributed by atoms with Gasteiger partial charge in [0.25, 0.3) is 0 Å². The maximum atomic E-state index is 5.71. The quantitative estimate of drug-likeness (QED) is 0.728. The Bertz CT molecular complexity index is 419. The van der Waals surface area contributed by atoms with Crippen LogP contribution in [-0.4, -0.2) is 53.1 Å². The van der Waals surface area contributed by atoms with Crippen molar-refractivity contribution in [1.29, 1.82) is 0 Å². The van der Waals surface area contributed by atoms with Crippen molar-refractivity contribution >= 4 is 11.6 Å². The third-order valence-electron chi connectivity index (χ3n) is 3.39. The van der Waals surface area contributed by atoms with Crippen molar-refractivity contribution in [2.24, 2.45) is 5.73 Å². The van der Waals surface area contributed by atoms with E-state index in [9.17, 15) is 0 Å². The maximum Gasteiger partial charge on any atom is 0.131 e. The highest BCUT2D eigenvalue weighted by Gasteiger charge is 2.20. The van der Waals surface area contributed by atoms with Crippen LogP contribution in [0.2, 0.25) is 0 Å². The predicted molar refractivity (Wildman–Crippen MR) is 78.3 cm³/mol. The molecular formula is C13H24N6. The van der Waals surface area contributed by atoms with Gasteiger partial charge in [0.1, 0.15) is 18.0 Å². The third-order valence-corrected chi connectivity index (χ3v) is 3.39. The molecule has 1 aliphatic heterocycles. The molecule has 0 aliphatic carbocycles. The smallest absolute Gasteiger partial charge is 0.131 e. The van der Waals surface area contributed by atoms with Crippen molar-refractivity contribution in [2.75, 3.05) is 37.3 Å². The van der Waals surface area contributed by atoms with Crippen LogP contribution in [0.1, 0.15) is 20.3 Å². The van der Waals surface area contributed by atoms with E-state index in [1.165, 1.54) is 0 Å². The second-order valence-corrected chi connectivity index (χ2v) is 5.89. The second kappa shape index (κ2) is 5.71. The van der Waals surface area contributed by atoms with Crippen molar-refractivity contribution in [3.05, 3.63) is 12.4 Å². The number of nitrogens with two attached hydrogens (primary N) is 1. The fraction of sp³-hybridized carbons (Fsp3) is 0.692. The first kappa shape index (κ1) is 14.0. The number of nitrogens with zero attached hydrogens (tertiary/aromatic N) is 3. The minimum absolute atomic E-state index is 0.167. The van der Waals surface area contributed by atoms with Crippen LogP contribution in [0.4, 0.5) is 11.6 Å². The number of hydrogen-bond donors (Lipinski definition) is 3. The van der Waals surface area contributed by atoms with Crippen molar-refractivity contribution in [1.82, 2.24) is 14.9 Å². The van der Waals surface area contributed by atoms with Crippen LogP contribution in [0.15, 0.2) is 12.4 Å². The molecule has 6 heteroatoms. The van der Waals surface area contributed by atoms with Crippen LogP contribution in [0.25, 0.3) is 0 Å². The summed E-state index contributed by atoms with van der Waals surface area (Å²) in [6.07, 6.45) is 2.73. The van der Waals surface area contributed by atoms with Crippen molar-refractivity contribution < 1.29 is 0 Å². The van der Waals surface area contributed by atoms with Gasteiger partial charge in [-0.3, -0.25) is 0 Å². The highest BCUT2D eigenvalue weighted by atomic mass is 15.2. The monoisotopic (exact) mass is 264 g/mol. The van der Waals surface area contributed by atoms with Gasteiger partial charge in [-0.2, -0.15) is 0 Å². The van der Waals surface area contributed by atoms with Gasteiger partial charge in [0.2, 0.25) is 0 Å². The van der Waals surface area contributed by atoms with E-state index >= 15 is 0 Å². The van der Waals surface area contributed by atoms with Crippen LogP contribution in [0.5, 0.6) is 0 Å². The van der Waals surface area contributed by atoms with E-state index < -0.39 is 0 Å². The van der Waals surface area contributed by atoms with Gasteiger partial charge in [-0.15, -0.1) is 0 Å². The second-order valence-electron chi connectivity index (χ2n) is 5.89. The minimum Gasteiger partial charge on any atom is -0.366 e. The summed E-state index contributed by atoms with van der Waals surface area (Å²) in [4.78, 5) is 10.8. The SMILES string of the molecule is CN1CCC(Nc2cc(NC(C)(C)CN)ncn2)C1. The van der Waals surface area contributed by atoms with Gasteiger partial charge in [-0.05, 0) is 33.9 Å². The van der Waals surface area contributed by atoms with Crippen LogP contribution in [0.3, 0.4) is 0 Å². The Morgan fingerprint density at radius 1 is 1.42 bits per heavy atom. The van der Waals surface area contributed by atoms with E-state index in [-0.39, 0.29) is 5.54 Å². The lowest BCUT2D eigenvalue weighted by atomic mass is 10.1. The zero-order valence-electron chi connectivity index (χ0n) is 12.0. The normalized spacial score (nSPS) is 20.5. The van der Waals surface area contributed by atoms with Gasteiger partial charge in [0, 0.05) is 30.7 Å². The van der Waals surface area contributed by atoms with Gasteiger partial charge in [0.15, 0.2) is 0 Å². The topological polar surface area (TPSA) is 79.1 Å². The summed E-state index contributed by atoms with van der Waals surface area (Å²) in [5.74, 6) is 1.67. The van der Waals surface area contributed by atoms with E-state index in [1.807, 2.05) is 19.9 Å². The molecule has 1 aromatic heterocycles.